The molecule has 0 bridgehead atoms. The largest absolute Gasteiger partial charge is 0.387 e. The van der Waals surface area contributed by atoms with E-state index >= 15 is 0 Å². The lowest BCUT2D eigenvalue weighted by atomic mass is 10.1. The molecule has 0 aromatic heterocycles. The highest BCUT2D eigenvalue weighted by molar-refractivity contribution is 6.30. The van der Waals surface area contributed by atoms with Gasteiger partial charge in [-0.1, -0.05) is 23.7 Å². The first kappa shape index (κ1) is 14.8. The molecule has 106 valence electrons. The number of benzene rings is 1. The van der Waals surface area contributed by atoms with E-state index in [1.807, 2.05) is 12.1 Å². The van der Waals surface area contributed by atoms with Gasteiger partial charge in [0, 0.05) is 37.7 Å². The molecule has 1 aliphatic rings. The van der Waals surface area contributed by atoms with Gasteiger partial charge in [-0.15, -0.1) is 0 Å². The third-order valence-electron chi connectivity index (χ3n) is 3.30. The summed E-state index contributed by atoms with van der Waals surface area (Å²) in [6, 6.07) is 7.31. The highest BCUT2D eigenvalue weighted by Gasteiger charge is 2.10. The standard InChI is InChI=1S/C14H21ClN2O2/c15-13-3-1-12(2-4-13)14(18)11-16-5-6-17-7-9-19-10-8-17/h1-4,14,16,18H,5-11H2. The summed E-state index contributed by atoms with van der Waals surface area (Å²) in [7, 11) is 0. The van der Waals surface area contributed by atoms with E-state index in [9.17, 15) is 5.11 Å². The number of morpholine rings is 1. The summed E-state index contributed by atoms with van der Waals surface area (Å²) in [6.45, 7) is 6.09. The van der Waals surface area contributed by atoms with Crippen LogP contribution in [0.1, 0.15) is 11.7 Å². The molecule has 19 heavy (non-hydrogen) atoms. The first-order valence-corrected chi connectivity index (χ1v) is 7.08. The molecule has 1 aromatic carbocycles. The number of rotatable bonds is 6. The van der Waals surface area contributed by atoms with Gasteiger partial charge in [0.05, 0.1) is 19.3 Å². The fraction of sp³-hybridized carbons (Fsp3) is 0.571. The molecule has 0 aliphatic carbocycles. The maximum absolute atomic E-state index is 10.0. The predicted molar refractivity (Wildman–Crippen MR) is 76.5 cm³/mol. The van der Waals surface area contributed by atoms with Crippen LogP contribution in [0.4, 0.5) is 0 Å². The number of hydrogen-bond donors (Lipinski definition) is 2. The van der Waals surface area contributed by atoms with Gasteiger partial charge in [0.2, 0.25) is 0 Å². The van der Waals surface area contributed by atoms with Crippen molar-refractivity contribution in [1.82, 2.24) is 10.2 Å². The van der Waals surface area contributed by atoms with Crippen LogP contribution in [0.2, 0.25) is 5.02 Å². The van der Waals surface area contributed by atoms with Crippen LogP contribution < -0.4 is 5.32 Å². The summed E-state index contributed by atoms with van der Waals surface area (Å²) in [6.07, 6.45) is -0.484. The van der Waals surface area contributed by atoms with Crippen molar-refractivity contribution in [2.75, 3.05) is 45.9 Å². The number of aliphatic hydroxyl groups is 1. The number of hydrogen-bond acceptors (Lipinski definition) is 4. The second-order valence-electron chi connectivity index (χ2n) is 4.73. The lowest BCUT2D eigenvalue weighted by Crippen LogP contribution is -2.40. The van der Waals surface area contributed by atoms with Crippen molar-refractivity contribution in [3.05, 3.63) is 34.9 Å². The van der Waals surface area contributed by atoms with Crippen LogP contribution in [0.15, 0.2) is 24.3 Å². The molecular formula is C14H21ClN2O2. The summed E-state index contributed by atoms with van der Waals surface area (Å²) < 4.78 is 5.30. The topological polar surface area (TPSA) is 44.7 Å². The maximum atomic E-state index is 10.0. The Bertz CT molecular complexity index is 366. The fourth-order valence-electron chi connectivity index (χ4n) is 2.10. The third-order valence-corrected chi connectivity index (χ3v) is 3.55. The predicted octanol–water partition coefficient (Wildman–Crippen LogP) is 1.30. The Labute approximate surface area is 119 Å². The third kappa shape index (κ3) is 5.09. The summed E-state index contributed by atoms with van der Waals surface area (Å²) in [5.74, 6) is 0. The van der Waals surface area contributed by atoms with Crippen molar-refractivity contribution >= 4 is 11.6 Å². The summed E-state index contributed by atoms with van der Waals surface area (Å²) in [5.41, 5.74) is 0.892. The van der Waals surface area contributed by atoms with Crippen LogP contribution in [-0.4, -0.2) is 55.9 Å². The number of ether oxygens (including phenoxy) is 1. The zero-order valence-corrected chi connectivity index (χ0v) is 11.8. The summed E-state index contributed by atoms with van der Waals surface area (Å²) in [4.78, 5) is 2.37. The molecule has 1 saturated heterocycles. The Morgan fingerprint density at radius 3 is 2.63 bits per heavy atom. The minimum Gasteiger partial charge on any atom is -0.387 e. The van der Waals surface area contributed by atoms with E-state index in [2.05, 4.69) is 10.2 Å². The van der Waals surface area contributed by atoms with Gasteiger partial charge in [0.25, 0.3) is 0 Å². The molecule has 4 nitrogen and oxygen atoms in total. The molecule has 0 amide bonds. The molecule has 1 fully saturated rings. The molecule has 2 N–H and O–H groups in total. The van der Waals surface area contributed by atoms with E-state index < -0.39 is 6.10 Å². The van der Waals surface area contributed by atoms with Gasteiger partial charge in [-0.3, -0.25) is 4.90 Å². The van der Waals surface area contributed by atoms with Crippen LogP contribution in [-0.2, 0) is 4.74 Å². The highest BCUT2D eigenvalue weighted by Crippen LogP contribution is 2.15. The number of nitrogens with zero attached hydrogens (tertiary/aromatic N) is 1. The molecule has 0 spiro atoms. The smallest absolute Gasteiger partial charge is 0.0914 e. The van der Waals surface area contributed by atoms with E-state index in [0.29, 0.717) is 11.6 Å². The van der Waals surface area contributed by atoms with Crippen molar-refractivity contribution in [1.29, 1.82) is 0 Å². The lowest BCUT2D eigenvalue weighted by molar-refractivity contribution is 0.0380. The van der Waals surface area contributed by atoms with Crippen molar-refractivity contribution in [3.63, 3.8) is 0 Å². The minimum atomic E-state index is -0.484. The van der Waals surface area contributed by atoms with Crippen LogP contribution >= 0.6 is 11.6 Å². The van der Waals surface area contributed by atoms with E-state index in [4.69, 9.17) is 16.3 Å². The quantitative estimate of drug-likeness (QED) is 0.773. The normalized spacial score (nSPS) is 18.4. The lowest BCUT2D eigenvalue weighted by Gasteiger charge is -2.26. The number of aliphatic hydroxyl groups excluding tert-OH is 1. The molecule has 2 rings (SSSR count). The second-order valence-corrected chi connectivity index (χ2v) is 5.16. The SMILES string of the molecule is OC(CNCCN1CCOCC1)c1ccc(Cl)cc1. The maximum Gasteiger partial charge on any atom is 0.0914 e. The zero-order chi connectivity index (χ0) is 13.5. The Morgan fingerprint density at radius 2 is 1.95 bits per heavy atom. The van der Waals surface area contributed by atoms with Crippen molar-refractivity contribution in [2.24, 2.45) is 0 Å². The highest BCUT2D eigenvalue weighted by atomic mass is 35.5. The molecule has 1 aromatic rings. The molecular weight excluding hydrogens is 264 g/mol. The van der Waals surface area contributed by atoms with E-state index in [1.54, 1.807) is 12.1 Å². The molecule has 5 heteroatoms. The monoisotopic (exact) mass is 284 g/mol. The Morgan fingerprint density at radius 1 is 1.26 bits per heavy atom. The molecule has 0 radical (unpaired) electrons. The van der Waals surface area contributed by atoms with Gasteiger partial charge in [-0.05, 0) is 17.7 Å². The van der Waals surface area contributed by atoms with Crippen LogP contribution in [0.3, 0.4) is 0 Å². The Balaban J connectivity index is 1.63. The number of halogens is 1. The zero-order valence-electron chi connectivity index (χ0n) is 11.0. The molecule has 1 aliphatic heterocycles. The average Bonchev–Trinajstić information content (AvgIpc) is 2.45. The second kappa shape index (κ2) is 7.82. The first-order chi connectivity index (χ1) is 9.25. The van der Waals surface area contributed by atoms with Gasteiger partial charge >= 0.3 is 0 Å². The molecule has 1 atom stereocenters. The van der Waals surface area contributed by atoms with Crippen LogP contribution in [0, 0.1) is 0 Å². The van der Waals surface area contributed by atoms with Crippen LogP contribution in [0.5, 0.6) is 0 Å². The van der Waals surface area contributed by atoms with E-state index in [-0.39, 0.29) is 0 Å². The van der Waals surface area contributed by atoms with Gasteiger partial charge in [-0.25, -0.2) is 0 Å². The van der Waals surface area contributed by atoms with Crippen molar-refractivity contribution in [3.8, 4) is 0 Å². The van der Waals surface area contributed by atoms with E-state index in [0.717, 1.165) is 45.0 Å². The van der Waals surface area contributed by atoms with Gasteiger partial charge in [0.1, 0.15) is 0 Å². The number of nitrogens with one attached hydrogen (secondary N) is 1. The molecule has 0 saturated carbocycles. The summed E-state index contributed by atoms with van der Waals surface area (Å²) >= 11 is 5.82. The van der Waals surface area contributed by atoms with E-state index in [1.165, 1.54) is 0 Å². The van der Waals surface area contributed by atoms with Gasteiger partial charge in [-0.2, -0.15) is 0 Å². The van der Waals surface area contributed by atoms with Crippen LogP contribution in [0.25, 0.3) is 0 Å². The molecule has 1 unspecified atom stereocenters. The minimum absolute atomic E-state index is 0.484. The van der Waals surface area contributed by atoms with Crippen molar-refractivity contribution < 1.29 is 9.84 Å². The first-order valence-electron chi connectivity index (χ1n) is 6.70. The van der Waals surface area contributed by atoms with Crippen molar-refractivity contribution in [2.45, 2.75) is 6.10 Å². The fourth-order valence-corrected chi connectivity index (χ4v) is 2.23. The summed E-state index contributed by atoms with van der Waals surface area (Å²) in [5, 5.41) is 14.0. The Kier molecular flexibility index (Phi) is 6.07. The van der Waals surface area contributed by atoms with Gasteiger partial charge in [0.15, 0.2) is 0 Å². The Hall–Kier alpha value is -0.650. The van der Waals surface area contributed by atoms with Gasteiger partial charge < -0.3 is 15.2 Å². The average molecular weight is 285 g/mol. The molecule has 1 heterocycles.